The van der Waals surface area contributed by atoms with Crippen LogP contribution in [0, 0.1) is 11.7 Å². The standard InChI is InChI=1S/C11H13ClFNO4S/c1-6(2)5-19(17,18)14-8-4-3-7(12)9(10(8)13)11(15)16/h3-4,6,14H,5H2,1-2H3,(H,15,16). The maximum Gasteiger partial charge on any atom is 0.340 e. The molecule has 106 valence electrons. The number of carboxylic acid groups (broad SMARTS) is 1. The van der Waals surface area contributed by atoms with E-state index >= 15 is 0 Å². The van der Waals surface area contributed by atoms with E-state index in [0.29, 0.717) is 0 Å². The molecule has 8 heteroatoms. The average molecular weight is 310 g/mol. The lowest BCUT2D eigenvalue weighted by Crippen LogP contribution is -2.21. The Bertz CT molecular complexity index is 601. The number of anilines is 1. The van der Waals surface area contributed by atoms with Crippen LogP contribution in [0.2, 0.25) is 5.02 Å². The Morgan fingerprint density at radius 1 is 1.47 bits per heavy atom. The number of sulfonamides is 1. The summed E-state index contributed by atoms with van der Waals surface area (Å²) in [6.45, 7) is 3.39. The topological polar surface area (TPSA) is 83.5 Å². The summed E-state index contributed by atoms with van der Waals surface area (Å²) in [5.41, 5.74) is -1.19. The SMILES string of the molecule is CC(C)CS(=O)(=O)Nc1ccc(Cl)c(C(=O)O)c1F. The minimum atomic E-state index is -3.74. The minimum Gasteiger partial charge on any atom is -0.478 e. The summed E-state index contributed by atoms with van der Waals surface area (Å²) in [7, 11) is -3.74. The van der Waals surface area contributed by atoms with Crippen LogP contribution in [0.1, 0.15) is 24.2 Å². The van der Waals surface area contributed by atoms with Gasteiger partial charge < -0.3 is 5.11 Å². The van der Waals surface area contributed by atoms with Crippen molar-refractivity contribution >= 4 is 33.3 Å². The molecule has 0 atom stereocenters. The van der Waals surface area contributed by atoms with Gasteiger partial charge in [0.1, 0.15) is 5.56 Å². The first-order chi connectivity index (χ1) is 8.64. The van der Waals surface area contributed by atoms with Crippen LogP contribution in [0.3, 0.4) is 0 Å². The Hall–Kier alpha value is -1.34. The molecule has 1 rings (SSSR count). The van der Waals surface area contributed by atoms with Gasteiger partial charge in [-0.2, -0.15) is 0 Å². The second-order valence-electron chi connectivity index (χ2n) is 4.37. The van der Waals surface area contributed by atoms with E-state index < -0.39 is 33.1 Å². The van der Waals surface area contributed by atoms with Crippen LogP contribution in [0.4, 0.5) is 10.1 Å². The average Bonchev–Trinajstić information content (AvgIpc) is 2.19. The van der Waals surface area contributed by atoms with E-state index in [1.807, 2.05) is 4.72 Å². The number of hydrogen-bond donors (Lipinski definition) is 2. The van der Waals surface area contributed by atoms with Crippen molar-refractivity contribution in [3.8, 4) is 0 Å². The number of rotatable bonds is 5. The number of carbonyl (C=O) groups is 1. The minimum absolute atomic E-state index is 0.146. The molecule has 0 aliphatic rings. The fourth-order valence-electron chi connectivity index (χ4n) is 1.48. The molecule has 0 fully saturated rings. The Morgan fingerprint density at radius 2 is 2.05 bits per heavy atom. The van der Waals surface area contributed by atoms with Crippen molar-refractivity contribution in [2.75, 3.05) is 10.5 Å². The molecule has 0 saturated carbocycles. The Morgan fingerprint density at radius 3 is 2.53 bits per heavy atom. The van der Waals surface area contributed by atoms with Crippen LogP contribution in [0.5, 0.6) is 0 Å². The molecule has 0 heterocycles. The van der Waals surface area contributed by atoms with E-state index in [9.17, 15) is 17.6 Å². The van der Waals surface area contributed by atoms with Gasteiger partial charge in [-0.1, -0.05) is 25.4 Å². The van der Waals surface area contributed by atoms with Crippen LogP contribution in [0.25, 0.3) is 0 Å². The van der Waals surface area contributed by atoms with Gasteiger partial charge in [-0.05, 0) is 18.1 Å². The molecule has 1 aromatic rings. The zero-order chi connectivity index (χ0) is 14.8. The molecular formula is C11H13ClFNO4S. The lowest BCUT2D eigenvalue weighted by molar-refractivity contribution is 0.0692. The van der Waals surface area contributed by atoms with Crippen molar-refractivity contribution in [1.29, 1.82) is 0 Å². The molecule has 19 heavy (non-hydrogen) atoms. The lowest BCUT2D eigenvalue weighted by atomic mass is 10.2. The van der Waals surface area contributed by atoms with E-state index in [1.165, 1.54) is 0 Å². The van der Waals surface area contributed by atoms with Crippen LogP contribution >= 0.6 is 11.6 Å². The van der Waals surface area contributed by atoms with E-state index in [-0.39, 0.29) is 16.7 Å². The number of hydrogen-bond acceptors (Lipinski definition) is 3. The first-order valence-corrected chi connectivity index (χ1v) is 7.39. The molecule has 0 amide bonds. The highest BCUT2D eigenvalue weighted by atomic mass is 35.5. The third-order valence-corrected chi connectivity index (χ3v) is 4.07. The molecule has 2 N–H and O–H groups in total. The van der Waals surface area contributed by atoms with Gasteiger partial charge in [0.05, 0.1) is 16.5 Å². The molecule has 5 nitrogen and oxygen atoms in total. The molecule has 1 aromatic carbocycles. The van der Waals surface area contributed by atoms with Crippen molar-refractivity contribution < 1.29 is 22.7 Å². The zero-order valence-corrected chi connectivity index (χ0v) is 11.8. The molecular weight excluding hydrogens is 297 g/mol. The Labute approximate surface area is 115 Å². The first kappa shape index (κ1) is 15.7. The smallest absolute Gasteiger partial charge is 0.340 e. The third kappa shape index (κ3) is 4.07. The van der Waals surface area contributed by atoms with Crippen molar-refractivity contribution in [2.24, 2.45) is 5.92 Å². The highest BCUT2D eigenvalue weighted by Gasteiger charge is 2.21. The number of nitrogens with one attached hydrogen (secondary N) is 1. The highest BCUT2D eigenvalue weighted by molar-refractivity contribution is 7.92. The van der Waals surface area contributed by atoms with Crippen LogP contribution in [-0.2, 0) is 10.0 Å². The molecule has 0 aliphatic carbocycles. The van der Waals surface area contributed by atoms with E-state index in [0.717, 1.165) is 12.1 Å². The maximum absolute atomic E-state index is 13.9. The van der Waals surface area contributed by atoms with Crippen molar-refractivity contribution in [3.05, 3.63) is 28.5 Å². The molecule has 0 saturated heterocycles. The largest absolute Gasteiger partial charge is 0.478 e. The van der Waals surface area contributed by atoms with Crippen molar-refractivity contribution in [3.63, 3.8) is 0 Å². The third-order valence-electron chi connectivity index (χ3n) is 2.12. The number of carboxylic acids is 1. The first-order valence-electron chi connectivity index (χ1n) is 5.36. The maximum atomic E-state index is 13.9. The van der Waals surface area contributed by atoms with Gasteiger partial charge in [0.25, 0.3) is 0 Å². The quantitative estimate of drug-likeness (QED) is 0.875. The summed E-state index contributed by atoms with van der Waals surface area (Å²) in [5, 5.41) is 8.52. The van der Waals surface area contributed by atoms with E-state index in [2.05, 4.69) is 0 Å². The fourth-order valence-corrected chi connectivity index (χ4v) is 3.16. The van der Waals surface area contributed by atoms with Gasteiger partial charge in [0.2, 0.25) is 10.0 Å². The van der Waals surface area contributed by atoms with Crippen LogP contribution in [-0.4, -0.2) is 25.2 Å². The molecule has 0 spiro atoms. The molecule has 0 aromatic heterocycles. The molecule has 0 unspecified atom stereocenters. The van der Waals surface area contributed by atoms with Crippen molar-refractivity contribution in [2.45, 2.75) is 13.8 Å². The van der Waals surface area contributed by atoms with Crippen molar-refractivity contribution in [1.82, 2.24) is 0 Å². The molecule has 0 radical (unpaired) electrons. The predicted molar refractivity (Wildman–Crippen MR) is 70.6 cm³/mol. The van der Waals surface area contributed by atoms with E-state index in [1.54, 1.807) is 13.8 Å². The summed E-state index contributed by atoms with van der Waals surface area (Å²) < 4.78 is 39.2. The highest BCUT2D eigenvalue weighted by Crippen LogP contribution is 2.26. The number of benzene rings is 1. The summed E-state index contributed by atoms with van der Waals surface area (Å²) in [6, 6.07) is 2.21. The number of aromatic carboxylic acids is 1. The fraction of sp³-hybridized carbons (Fsp3) is 0.364. The van der Waals surface area contributed by atoms with Gasteiger partial charge in [-0.15, -0.1) is 0 Å². The summed E-state index contributed by atoms with van der Waals surface area (Å²) in [4.78, 5) is 10.8. The summed E-state index contributed by atoms with van der Waals surface area (Å²) >= 11 is 5.55. The monoisotopic (exact) mass is 309 g/mol. The van der Waals surface area contributed by atoms with Crippen LogP contribution in [0.15, 0.2) is 12.1 Å². The number of halogens is 2. The lowest BCUT2D eigenvalue weighted by Gasteiger charge is -2.12. The zero-order valence-electron chi connectivity index (χ0n) is 10.3. The second kappa shape index (κ2) is 5.75. The van der Waals surface area contributed by atoms with Gasteiger partial charge >= 0.3 is 5.97 Å². The predicted octanol–water partition coefficient (Wildman–Crippen LogP) is 2.58. The Kier molecular flexibility index (Phi) is 4.75. The molecule has 0 aliphatic heterocycles. The summed E-state index contributed by atoms with van der Waals surface area (Å²) in [5.74, 6) is -3.11. The van der Waals surface area contributed by atoms with E-state index in [4.69, 9.17) is 16.7 Å². The van der Waals surface area contributed by atoms with Gasteiger partial charge in [0, 0.05) is 0 Å². The normalized spacial score (nSPS) is 11.6. The Balaban J connectivity index is 3.17. The van der Waals surface area contributed by atoms with Gasteiger partial charge in [-0.25, -0.2) is 17.6 Å². The summed E-state index contributed by atoms with van der Waals surface area (Å²) in [6.07, 6.45) is 0. The van der Waals surface area contributed by atoms with Gasteiger partial charge in [0.15, 0.2) is 5.82 Å². The van der Waals surface area contributed by atoms with Crippen LogP contribution < -0.4 is 4.72 Å². The molecule has 0 bridgehead atoms. The second-order valence-corrected chi connectivity index (χ2v) is 6.54. The van der Waals surface area contributed by atoms with Gasteiger partial charge in [-0.3, -0.25) is 4.72 Å².